The molecule has 31 heavy (non-hydrogen) atoms. The highest BCUT2D eigenvalue weighted by atomic mass is 127. The van der Waals surface area contributed by atoms with Crippen molar-refractivity contribution in [1.82, 2.24) is 30.3 Å². The number of hydrogen-bond acceptors (Lipinski definition) is 4. The number of nitrogens with zero attached hydrogens (tertiary/aromatic N) is 5. The van der Waals surface area contributed by atoms with Crippen LogP contribution in [0.2, 0.25) is 0 Å². The van der Waals surface area contributed by atoms with Crippen molar-refractivity contribution in [3.05, 3.63) is 11.6 Å². The Hall–Kier alpha value is -1.39. The van der Waals surface area contributed by atoms with Crippen LogP contribution in [0, 0.1) is 12.8 Å². The van der Waals surface area contributed by atoms with E-state index < -0.39 is 0 Å². The molecule has 2 heterocycles. The number of carbonyl (C=O) groups excluding carboxylic acids is 1. The molecule has 3 rings (SSSR count). The average Bonchev–Trinajstić information content (AvgIpc) is 3.38. The van der Waals surface area contributed by atoms with E-state index in [0.717, 1.165) is 56.4 Å². The number of halogens is 1. The van der Waals surface area contributed by atoms with Gasteiger partial charge in [-0.3, -0.25) is 4.79 Å². The third kappa shape index (κ3) is 7.05. The zero-order chi connectivity index (χ0) is 21.5. The Balaban J connectivity index is 0.00000341. The fraction of sp³-hybridized carbons (Fsp3) is 0.818. The number of rotatable bonds is 7. The first kappa shape index (κ1) is 25.9. The number of piperidine rings is 1. The highest BCUT2D eigenvalue weighted by Gasteiger charge is 2.27. The lowest BCUT2D eigenvalue weighted by Crippen LogP contribution is -2.52. The number of aliphatic imine (C=N–C) groups is 1. The Kier molecular flexibility index (Phi) is 10.5. The largest absolute Gasteiger partial charge is 0.354 e. The van der Waals surface area contributed by atoms with Gasteiger partial charge >= 0.3 is 0 Å². The van der Waals surface area contributed by atoms with E-state index in [0.29, 0.717) is 24.5 Å². The summed E-state index contributed by atoms with van der Waals surface area (Å²) in [7, 11) is 1.98. The third-order valence-electron chi connectivity index (χ3n) is 6.74. The average molecular weight is 546 g/mol. The van der Waals surface area contributed by atoms with Crippen LogP contribution in [0.4, 0.5) is 0 Å². The molecule has 0 atom stereocenters. The quantitative estimate of drug-likeness (QED) is 0.313. The van der Waals surface area contributed by atoms with E-state index in [1.807, 2.05) is 18.5 Å². The first-order valence-electron chi connectivity index (χ1n) is 11.7. The summed E-state index contributed by atoms with van der Waals surface area (Å²) in [6.45, 7) is 8.32. The fourth-order valence-corrected chi connectivity index (χ4v) is 4.47. The first-order valence-corrected chi connectivity index (χ1v) is 11.7. The van der Waals surface area contributed by atoms with E-state index >= 15 is 0 Å². The van der Waals surface area contributed by atoms with E-state index in [9.17, 15) is 4.79 Å². The van der Waals surface area contributed by atoms with Gasteiger partial charge in [-0.2, -0.15) is 0 Å². The van der Waals surface area contributed by atoms with Crippen LogP contribution < -0.4 is 10.6 Å². The number of guanidine groups is 1. The third-order valence-corrected chi connectivity index (χ3v) is 6.74. The van der Waals surface area contributed by atoms with Crippen molar-refractivity contribution in [3.63, 3.8) is 0 Å². The summed E-state index contributed by atoms with van der Waals surface area (Å²) in [4.78, 5) is 19.5. The van der Waals surface area contributed by atoms with E-state index in [4.69, 9.17) is 4.99 Å². The summed E-state index contributed by atoms with van der Waals surface area (Å²) in [6.07, 6.45) is 8.74. The monoisotopic (exact) mass is 545 g/mol. The van der Waals surface area contributed by atoms with Gasteiger partial charge in [0.1, 0.15) is 12.4 Å². The van der Waals surface area contributed by atoms with Gasteiger partial charge in [0.15, 0.2) is 11.8 Å². The van der Waals surface area contributed by atoms with Crippen molar-refractivity contribution in [3.8, 4) is 0 Å². The molecule has 1 saturated carbocycles. The molecule has 9 heteroatoms. The summed E-state index contributed by atoms with van der Waals surface area (Å²) in [5.41, 5.74) is 0. The second-order valence-electron chi connectivity index (χ2n) is 8.77. The highest BCUT2D eigenvalue weighted by molar-refractivity contribution is 14.0. The lowest BCUT2D eigenvalue weighted by atomic mass is 9.98. The summed E-state index contributed by atoms with van der Waals surface area (Å²) in [5.74, 6) is 3.13. The van der Waals surface area contributed by atoms with E-state index in [1.54, 1.807) is 0 Å². The van der Waals surface area contributed by atoms with Gasteiger partial charge in [-0.25, -0.2) is 4.99 Å². The summed E-state index contributed by atoms with van der Waals surface area (Å²) in [5, 5.41) is 15.6. The van der Waals surface area contributed by atoms with Crippen molar-refractivity contribution in [2.75, 3.05) is 13.1 Å². The molecule has 1 aliphatic carbocycles. The van der Waals surface area contributed by atoms with Gasteiger partial charge in [0.2, 0.25) is 5.91 Å². The number of amides is 1. The minimum atomic E-state index is 0. The van der Waals surface area contributed by atoms with Crippen LogP contribution in [0.5, 0.6) is 0 Å². The second-order valence-corrected chi connectivity index (χ2v) is 8.77. The summed E-state index contributed by atoms with van der Waals surface area (Å²) < 4.78 is 1.98. The Labute approximate surface area is 204 Å². The van der Waals surface area contributed by atoms with Gasteiger partial charge in [0.25, 0.3) is 0 Å². The number of carbonyl (C=O) groups is 1. The standard InChI is InChI=1S/C22H39N7O.HI/c1-5-17(6-2)21(30)29-13-11-19(12-14-29)25-22(24-18-9-7-8-10-18)23-15-20-27-26-16(3)28(20)4;/h17-19H,5-15H2,1-4H3,(H2,23,24,25);1H. The van der Waals surface area contributed by atoms with Crippen LogP contribution in [0.25, 0.3) is 0 Å². The fourth-order valence-electron chi connectivity index (χ4n) is 4.47. The zero-order valence-corrected chi connectivity index (χ0v) is 21.9. The van der Waals surface area contributed by atoms with Crippen molar-refractivity contribution in [1.29, 1.82) is 0 Å². The summed E-state index contributed by atoms with van der Waals surface area (Å²) in [6, 6.07) is 0.832. The Morgan fingerprint density at radius 3 is 2.16 bits per heavy atom. The topological polar surface area (TPSA) is 87.4 Å². The zero-order valence-electron chi connectivity index (χ0n) is 19.6. The number of aryl methyl sites for hydroxylation is 1. The van der Waals surface area contributed by atoms with Gasteiger partial charge in [-0.15, -0.1) is 34.2 Å². The molecule has 2 aliphatic rings. The molecule has 1 aromatic rings. The van der Waals surface area contributed by atoms with Gasteiger partial charge in [0, 0.05) is 38.1 Å². The molecule has 176 valence electrons. The Morgan fingerprint density at radius 2 is 1.65 bits per heavy atom. The van der Waals surface area contributed by atoms with Crippen LogP contribution in [0.3, 0.4) is 0 Å². The minimum Gasteiger partial charge on any atom is -0.354 e. The summed E-state index contributed by atoms with van der Waals surface area (Å²) >= 11 is 0. The molecule has 1 amide bonds. The molecule has 0 radical (unpaired) electrons. The van der Waals surface area contributed by atoms with Crippen molar-refractivity contribution >= 4 is 35.8 Å². The Bertz CT molecular complexity index is 717. The first-order chi connectivity index (χ1) is 14.5. The van der Waals surface area contributed by atoms with Gasteiger partial charge < -0.3 is 20.1 Å². The number of nitrogens with one attached hydrogen (secondary N) is 2. The number of likely N-dealkylation sites (tertiary alicyclic amines) is 1. The molecule has 1 saturated heterocycles. The lowest BCUT2D eigenvalue weighted by Gasteiger charge is -2.35. The van der Waals surface area contributed by atoms with E-state index in [2.05, 4.69) is 39.6 Å². The predicted molar refractivity (Wildman–Crippen MR) is 134 cm³/mol. The van der Waals surface area contributed by atoms with Crippen molar-refractivity contribution in [2.45, 2.75) is 90.8 Å². The molecular formula is C22H40IN7O. The molecule has 8 nitrogen and oxygen atoms in total. The smallest absolute Gasteiger partial charge is 0.225 e. The van der Waals surface area contributed by atoms with Gasteiger partial charge in [-0.05, 0) is 45.4 Å². The molecule has 0 aromatic carbocycles. The predicted octanol–water partition coefficient (Wildman–Crippen LogP) is 3.15. The molecular weight excluding hydrogens is 505 g/mol. The molecule has 1 aromatic heterocycles. The Morgan fingerprint density at radius 1 is 1.06 bits per heavy atom. The minimum absolute atomic E-state index is 0. The van der Waals surface area contributed by atoms with Crippen LogP contribution in [-0.2, 0) is 18.4 Å². The van der Waals surface area contributed by atoms with E-state index in [1.165, 1.54) is 25.7 Å². The number of aromatic nitrogens is 3. The van der Waals surface area contributed by atoms with Crippen LogP contribution in [0.1, 0.15) is 76.9 Å². The molecule has 0 bridgehead atoms. The van der Waals surface area contributed by atoms with Gasteiger partial charge in [0.05, 0.1) is 0 Å². The molecule has 0 spiro atoms. The van der Waals surface area contributed by atoms with Crippen LogP contribution >= 0.6 is 24.0 Å². The normalized spacial score (nSPS) is 18.4. The van der Waals surface area contributed by atoms with Crippen LogP contribution in [0.15, 0.2) is 4.99 Å². The van der Waals surface area contributed by atoms with Crippen molar-refractivity contribution in [2.24, 2.45) is 18.0 Å². The number of hydrogen-bond donors (Lipinski definition) is 2. The molecule has 1 aliphatic heterocycles. The SMILES string of the molecule is CCC(CC)C(=O)N1CCC(NC(=NCc2nnc(C)n2C)NC2CCCC2)CC1.I. The maximum Gasteiger partial charge on any atom is 0.225 e. The maximum absolute atomic E-state index is 12.7. The lowest BCUT2D eigenvalue weighted by molar-refractivity contribution is -0.136. The van der Waals surface area contributed by atoms with Crippen molar-refractivity contribution < 1.29 is 4.79 Å². The highest BCUT2D eigenvalue weighted by Crippen LogP contribution is 2.19. The van der Waals surface area contributed by atoms with E-state index in [-0.39, 0.29) is 29.9 Å². The maximum atomic E-state index is 12.7. The molecule has 2 fully saturated rings. The second kappa shape index (κ2) is 12.6. The van der Waals surface area contributed by atoms with Gasteiger partial charge in [-0.1, -0.05) is 26.7 Å². The molecule has 0 unspecified atom stereocenters. The molecule has 2 N–H and O–H groups in total. The van der Waals surface area contributed by atoms with Crippen LogP contribution in [-0.4, -0.2) is 56.7 Å².